The van der Waals surface area contributed by atoms with Gasteiger partial charge in [0.05, 0.1) is 26.2 Å². The van der Waals surface area contributed by atoms with Gasteiger partial charge in [0.2, 0.25) is 10.0 Å². The number of benzene rings is 1. The van der Waals surface area contributed by atoms with E-state index >= 15 is 0 Å². The first kappa shape index (κ1) is 17.3. The molecule has 0 saturated carbocycles. The quantitative estimate of drug-likeness (QED) is 0.567. The normalized spacial score (nSPS) is 11.0. The second-order valence-electron chi connectivity index (χ2n) is 4.09. The predicted molar refractivity (Wildman–Crippen MR) is 76.0 cm³/mol. The van der Waals surface area contributed by atoms with Crippen LogP contribution in [0.1, 0.15) is 12.8 Å². The van der Waals surface area contributed by atoms with E-state index in [1.165, 1.54) is 39.5 Å². The van der Waals surface area contributed by atoms with Crippen molar-refractivity contribution in [2.75, 3.05) is 27.9 Å². The van der Waals surface area contributed by atoms with Gasteiger partial charge in [0, 0.05) is 19.0 Å². The molecular formula is C13H19NO6S. The molecule has 0 saturated heterocycles. The van der Waals surface area contributed by atoms with Crippen LogP contribution in [0.25, 0.3) is 0 Å². The Morgan fingerprint density at radius 2 is 1.81 bits per heavy atom. The summed E-state index contributed by atoms with van der Waals surface area (Å²) in [5, 5.41) is 0. The lowest BCUT2D eigenvalue weighted by molar-refractivity contribution is -0.140. The van der Waals surface area contributed by atoms with E-state index in [1.807, 2.05) is 0 Å². The molecule has 0 aliphatic carbocycles. The Balaban J connectivity index is 2.72. The van der Waals surface area contributed by atoms with Gasteiger partial charge in [0.25, 0.3) is 0 Å². The molecule has 0 fully saturated rings. The average Bonchev–Trinajstić information content (AvgIpc) is 2.50. The molecule has 1 N–H and O–H groups in total. The Labute approximate surface area is 124 Å². The fraction of sp³-hybridized carbons (Fsp3) is 0.462. The summed E-state index contributed by atoms with van der Waals surface area (Å²) in [5.41, 5.74) is 0. The highest BCUT2D eigenvalue weighted by molar-refractivity contribution is 7.89. The number of carbonyl (C=O) groups is 1. The van der Waals surface area contributed by atoms with Crippen molar-refractivity contribution in [1.29, 1.82) is 0 Å². The van der Waals surface area contributed by atoms with Crippen LogP contribution in [0.4, 0.5) is 0 Å². The van der Waals surface area contributed by atoms with Crippen LogP contribution in [0.5, 0.6) is 11.5 Å². The van der Waals surface area contributed by atoms with Crippen LogP contribution in [0, 0.1) is 0 Å². The molecule has 1 rings (SSSR count). The first-order valence-electron chi connectivity index (χ1n) is 6.23. The van der Waals surface area contributed by atoms with E-state index in [2.05, 4.69) is 9.46 Å². The minimum atomic E-state index is -3.66. The van der Waals surface area contributed by atoms with Gasteiger partial charge in [-0.25, -0.2) is 13.1 Å². The third kappa shape index (κ3) is 4.91. The molecule has 0 aromatic heterocycles. The predicted octanol–water partition coefficient (Wildman–Crippen LogP) is 0.935. The lowest BCUT2D eigenvalue weighted by atomic mass is 10.3. The van der Waals surface area contributed by atoms with Crippen LogP contribution in [-0.2, 0) is 19.6 Å². The van der Waals surface area contributed by atoms with Gasteiger partial charge in [-0.1, -0.05) is 0 Å². The Morgan fingerprint density at radius 3 is 2.38 bits per heavy atom. The molecule has 0 atom stereocenters. The third-order valence-corrected chi connectivity index (χ3v) is 4.20. The molecule has 0 amide bonds. The molecule has 118 valence electrons. The van der Waals surface area contributed by atoms with E-state index in [0.717, 1.165) is 0 Å². The van der Waals surface area contributed by atoms with Crippen LogP contribution >= 0.6 is 0 Å². The maximum absolute atomic E-state index is 12.1. The molecule has 0 bridgehead atoms. The van der Waals surface area contributed by atoms with E-state index in [-0.39, 0.29) is 23.8 Å². The fourth-order valence-corrected chi connectivity index (χ4v) is 2.70. The highest BCUT2D eigenvalue weighted by Gasteiger charge is 2.16. The first-order chi connectivity index (χ1) is 9.94. The molecule has 0 spiro atoms. The largest absolute Gasteiger partial charge is 0.493 e. The molecule has 0 radical (unpaired) electrons. The van der Waals surface area contributed by atoms with Crippen molar-refractivity contribution in [2.24, 2.45) is 0 Å². The van der Waals surface area contributed by atoms with Gasteiger partial charge in [-0.3, -0.25) is 4.79 Å². The van der Waals surface area contributed by atoms with E-state index in [0.29, 0.717) is 17.9 Å². The van der Waals surface area contributed by atoms with E-state index in [9.17, 15) is 13.2 Å². The van der Waals surface area contributed by atoms with Crippen molar-refractivity contribution in [2.45, 2.75) is 17.7 Å². The SMILES string of the molecule is COC(=O)CCCNS(=O)(=O)c1ccc(OC)c(OC)c1. The number of rotatable bonds is 8. The number of methoxy groups -OCH3 is 3. The Kier molecular flexibility index (Phi) is 6.44. The Bertz CT molecular complexity index is 584. The summed E-state index contributed by atoms with van der Waals surface area (Å²) in [6.45, 7) is 0.145. The Morgan fingerprint density at radius 1 is 1.14 bits per heavy atom. The van der Waals surface area contributed by atoms with Crippen molar-refractivity contribution in [1.82, 2.24) is 4.72 Å². The van der Waals surface area contributed by atoms with Crippen molar-refractivity contribution in [3.63, 3.8) is 0 Å². The summed E-state index contributed by atoms with van der Waals surface area (Å²) in [7, 11) is 0.526. The van der Waals surface area contributed by atoms with Crippen LogP contribution in [0.2, 0.25) is 0 Å². The molecule has 1 aromatic rings. The topological polar surface area (TPSA) is 90.9 Å². The number of ether oxygens (including phenoxy) is 3. The second-order valence-corrected chi connectivity index (χ2v) is 5.86. The van der Waals surface area contributed by atoms with E-state index < -0.39 is 10.0 Å². The molecular weight excluding hydrogens is 298 g/mol. The van der Waals surface area contributed by atoms with Crippen molar-refractivity contribution < 1.29 is 27.4 Å². The summed E-state index contributed by atoms with van der Waals surface area (Å²) in [6, 6.07) is 4.31. The third-order valence-electron chi connectivity index (χ3n) is 2.74. The first-order valence-corrected chi connectivity index (χ1v) is 7.71. The second kappa shape index (κ2) is 7.84. The van der Waals surface area contributed by atoms with E-state index in [1.54, 1.807) is 0 Å². The number of sulfonamides is 1. The van der Waals surface area contributed by atoms with Gasteiger partial charge in [-0.2, -0.15) is 0 Å². The van der Waals surface area contributed by atoms with E-state index in [4.69, 9.17) is 9.47 Å². The van der Waals surface area contributed by atoms with Gasteiger partial charge in [0.1, 0.15) is 0 Å². The zero-order valence-electron chi connectivity index (χ0n) is 12.2. The smallest absolute Gasteiger partial charge is 0.305 e. The minimum Gasteiger partial charge on any atom is -0.493 e. The highest BCUT2D eigenvalue weighted by atomic mass is 32.2. The molecule has 0 aliphatic heterocycles. The van der Waals surface area contributed by atoms with Crippen molar-refractivity contribution in [3.8, 4) is 11.5 Å². The number of carbonyl (C=O) groups excluding carboxylic acids is 1. The van der Waals surface area contributed by atoms with Crippen molar-refractivity contribution in [3.05, 3.63) is 18.2 Å². The maximum atomic E-state index is 12.1. The number of esters is 1. The molecule has 0 heterocycles. The monoisotopic (exact) mass is 317 g/mol. The molecule has 21 heavy (non-hydrogen) atoms. The minimum absolute atomic E-state index is 0.0678. The van der Waals surface area contributed by atoms with Gasteiger partial charge >= 0.3 is 5.97 Å². The Hall–Kier alpha value is -1.80. The van der Waals surface area contributed by atoms with Crippen LogP contribution in [0.3, 0.4) is 0 Å². The van der Waals surface area contributed by atoms with Gasteiger partial charge in [-0.05, 0) is 18.6 Å². The van der Waals surface area contributed by atoms with Crippen molar-refractivity contribution >= 4 is 16.0 Å². The molecule has 0 unspecified atom stereocenters. The lowest BCUT2D eigenvalue weighted by Crippen LogP contribution is -2.25. The zero-order chi connectivity index (χ0) is 15.9. The standard InChI is InChI=1S/C13H19NO6S/c1-18-11-7-6-10(9-12(11)19-2)21(16,17)14-8-4-5-13(15)20-3/h6-7,9,14H,4-5,8H2,1-3H3. The lowest BCUT2D eigenvalue weighted by Gasteiger charge is -2.10. The van der Waals surface area contributed by atoms with Gasteiger partial charge < -0.3 is 14.2 Å². The maximum Gasteiger partial charge on any atom is 0.305 e. The number of nitrogens with one attached hydrogen (secondary N) is 1. The average molecular weight is 317 g/mol. The zero-order valence-corrected chi connectivity index (χ0v) is 13.0. The number of hydrogen-bond donors (Lipinski definition) is 1. The number of hydrogen-bond acceptors (Lipinski definition) is 6. The van der Waals surface area contributed by atoms with Crippen LogP contribution in [0.15, 0.2) is 23.1 Å². The fourth-order valence-electron chi connectivity index (χ4n) is 1.61. The summed E-state index contributed by atoms with van der Waals surface area (Å²) < 4.78 is 41.2. The molecule has 8 heteroatoms. The summed E-state index contributed by atoms with van der Waals surface area (Å²) >= 11 is 0. The summed E-state index contributed by atoms with van der Waals surface area (Å²) in [6.07, 6.45) is 0.518. The highest BCUT2D eigenvalue weighted by Crippen LogP contribution is 2.29. The molecule has 0 aliphatic rings. The molecule has 1 aromatic carbocycles. The molecule has 7 nitrogen and oxygen atoms in total. The summed E-state index contributed by atoms with van der Waals surface area (Å²) in [5.74, 6) is 0.400. The van der Waals surface area contributed by atoms with Crippen LogP contribution in [-0.4, -0.2) is 42.3 Å². The summed E-state index contributed by atoms with van der Waals surface area (Å²) in [4.78, 5) is 11.0. The van der Waals surface area contributed by atoms with Gasteiger partial charge in [0.15, 0.2) is 11.5 Å². The van der Waals surface area contributed by atoms with Gasteiger partial charge in [-0.15, -0.1) is 0 Å². The van der Waals surface area contributed by atoms with Crippen LogP contribution < -0.4 is 14.2 Å².